The lowest BCUT2D eigenvalue weighted by atomic mass is 10.2. The van der Waals surface area contributed by atoms with Gasteiger partial charge in [0, 0.05) is 25.7 Å². The first-order chi connectivity index (χ1) is 5.33. The predicted molar refractivity (Wildman–Crippen MR) is 48.7 cm³/mol. The maximum absolute atomic E-state index is 3.74. The number of rotatable bonds is 2. The molecule has 1 atom stereocenters. The lowest BCUT2D eigenvalue weighted by molar-refractivity contribution is 0.322. The molecule has 1 rings (SSSR count). The molecule has 2 nitrogen and oxygen atoms in total. The normalized spacial score (nSPS) is 27.9. The summed E-state index contributed by atoms with van der Waals surface area (Å²) in [5.74, 6) is 0. The third-order valence-corrected chi connectivity index (χ3v) is 2.19. The van der Waals surface area contributed by atoms with E-state index in [0.29, 0.717) is 6.04 Å². The Hall–Kier alpha value is -0.340. The predicted octanol–water partition coefficient (Wildman–Crippen LogP) is 0.856. The Morgan fingerprint density at radius 2 is 2.45 bits per heavy atom. The van der Waals surface area contributed by atoms with Gasteiger partial charge < -0.3 is 5.32 Å². The molecular weight excluding hydrogens is 136 g/mol. The fourth-order valence-electron chi connectivity index (χ4n) is 1.42. The van der Waals surface area contributed by atoms with E-state index in [1.54, 1.807) is 0 Å². The molecule has 0 aromatic heterocycles. The first kappa shape index (κ1) is 8.75. The molecule has 1 fully saturated rings. The molecule has 0 aromatic carbocycles. The summed E-state index contributed by atoms with van der Waals surface area (Å²) >= 11 is 0. The third kappa shape index (κ3) is 3.04. The van der Waals surface area contributed by atoms with E-state index in [0.717, 1.165) is 19.6 Å². The van der Waals surface area contributed by atoms with Crippen LogP contribution in [-0.2, 0) is 0 Å². The molecule has 64 valence electrons. The molecule has 0 aromatic rings. The molecule has 1 N–H and O–H groups in total. The quantitative estimate of drug-likeness (QED) is 0.593. The second kappa shape index (κ2) is 4.52. The van der Waals surface area contributed by atoms with Gasteiger partial charge in [-0.3, -0.25) is 4.90 Å². The zero-order valence-corrected chi connectivity index (χ0v) is 7.34. The van der Waals surface area contributed by atoms with E-state index in [1.165, 1.54) is 13.0 Å². The van der Waals surface area contributed by atoms with Gasteiger partial charge in [0.2, 0.25) is 0 Å². The maximum atomic E-state index is 3.74. The summed E-state index contributed by atoms with van der Waals surface area (Å²) in [7, 11) is 0. The van der Waals surface area contributed by atoms with Crippen LogP contribution in [0, 0.1) is 0 Å². The monoisotopic (exact) mass is 154 g/mol. The smallest absolute Gasteiger partial charge is 0.0161 e. The van der Waals surface area contributed by atoms with Crippen LogP contribution in [0.1, 0.15) is 13.3 Å². The Bertz CT molecular complexity index is 123. The van der Waals surface area contributed by atoms with Crippen LogP contribution in [0.3, 0.4) is 0 Å². The molecule has 0 radical (unpaired) electrons. The van der Waals surface area contributed by atoms with E-state index in [1.807, 2.05) is 6.08 Å². The molecule has 2 heteroatoms. The summed E-state index contributed by atoms with van der Waals surface area (Å²) in [6, 6.07) is 0.685. The fraction of sp³-hybridized carbons (Fsp3) is 0.778. The van der Waals surface area contributed by atoms with Crippen LogP contribution in [-0.4, -0.2) is 37.1 Å². The number of hydrogen-bond donors (Lipinski definition) is 1. The van der Waals surface area contributed by atoms with Gasteiger partial charge in [-0.15, -0.1) is 6.58 Å². The molecule has 11 heavy (non-hydrogen) atoms. The fourth-order valence-corrected chi connectivity index (χ4v) is 1.42. The number of hydrogen-bond acceptors (Lipinski definition) is 2. The van der Waals surface area contributed by atoms with Gasteiger partial charge >= 0.3 is 0 Å². The van der Waals surface area contributed by atoms with Gasteiger partial charge in [-0.1, -0.05) is 6.08 Å². The summed E-state index contributed by atoms with van der Waals surface area (Å²) in [4.78, 5) is 2.43. The van der Waals surface area contributed by atoms with Crippen molar-refractivity contribution < 1.29 is 0 Å². The van der Waals surface area contributed by atoms with Gasteiger partial charge in [-0.25, -0.2) is 0 Å². The van der Waals surface area contributed by atoms with E-state index in [4.69, 9.17) is 0 Å². The van der Waals surface area contributed by atoms with Gasteiger partial charge in [0.1, 0.15) is 0 Å². The van der Waals surface area contributed by atoms with Gasteiger partial charge in [0.05, 0.1) is 0 Å². The van der Waals surface area contributed by atoms with Crippen LogP contribution in [0.5, 0.6) is 0 Å². The Morgan fingerprint density at radius 1 is 1.64 bits per heavy atom. The standard InChI is InChI=1S/C9H18N2/c1-3-6-11-7-4-9(2)10-5-8-11/h3,9-10H,1,4-8H2,2H3. The minimum Gasteiger partial charge on any atom is -0.313 e. The van der Waals surface area contributed by atoms with Crippen molar-refractivity contribution >= 4 is 0 Å². The van der Waals surface area contributed by atoms with E-state index in [9.17, 15) is 0 Å². The van der Waals surface area contributed by atoms with Gasteiger partial charge in [0.25, 0.3) is 0 Å². The average Bonchev–Trinajstić information content (AvgIpc) is 2.17. The van der Waals surface area contributed by atoms with Crippen molar-refractivity contribution in [2.24, 2.45) is 0 Å². The van der Waals surface area contributed by atoms with Crippen molar-refractivity contribution in [3.05, 3.63) is 12.7 Å². The highest BCUT2D eigenvalue weighted by molar-refractivity contribution is 4.77. The molecule has 1 heterocycles. The van der Waals surface area contributed by atoms with Crippen molar-refractivity contribution in [2.75, 3.05) is 26.2 Å². The van der Waals surface area contributed by atoms with Crippen LogP contribution in [0.15, 0.2) is 12.7 Å². The van der Waals surface area contributed by atoms with E-state index >= 15 is 0 Å². The SMILES string of the molecule is C=CCN1CCNC(C)CC1. The largest absolute Gasteiger partial charge is 0.313 e. The van der Waals surface area contributed by atoms with Crippen molar-refractivity contribution in [1.82, 2.24) is 10.2 Å². The van der Waals surface area contributed by atoms with Gasteiger partial charge in [-0.2, -0.15) is 0 Å². The molecule has 0 bridgehead atoms. The first-order valence-electron chi connectivity index (χ1n) is 4.39. The Morgan fingerprint density at radius 3 is 3.18 bits per heavy atom. The van der Waals surface area contributed by atoms with Crippen LogP contribution < -0.4 is 5.32 Å². The van der Waals surface area contributed by atoms with Crippen LogP contribution >= 0.6 is 0 Å². The second-order valence-corrected chi connectivity index (χ2v) is 3.23. The molecule has 0 saturated carbocycles. The highest BCUT2D eigenvalue weighted by Gasteiger charge is 2.10. The summed E-state index contributed by atoms with van der Waals surface area (Å²) in [6.07, 6.45) is 3.24. The zero-order chi connectivity index (χ0) is 8.10. The van der Waals surface area contributed by atoms with Crippen molar-refractivity contribution in [2.45, 2.75) is 19.4 Å². The first-order valence-corrected chi connectivity index (χ1v) is 4.39. The van der Waals surface area contributed by atoms with Crippen molar-refractivity contribution in [3.63, 3.8) is 0 Å². The van der Waals surface area contributed by atoms with E-state index in [-0.39, 0.29) is 0 Å². The Labute approximate surface area is 69.3 Å². The molecule has 1 saturated heterocycles. The maximum Gasteiger partial charge on any atom is 0.0161 e. The average molecular weight is 154 g/mol. The highest BCUT2D eigenvalue weighted by atomic mass is 15.2. The van der Waals surface area contributed by atoms with Crippen LogP contribution in [0.2, 0.25) is 0 Å². The third-order valence-electron chi connectivity index (χ3n) is 2.19. The molecule has 1 unspecified atom stereocenters. The van der Waals surface area contributed by atoms with Gasteiger partial charge in [-0.05, 0) is 19.9 Å². The van der Waals surface area contributed by atoms with Crippen LogP contribution in [0.4, 0.5) is 0 Å². The van der Waals surface area contributed by atoms with E-state index < -0.39 is 0 Å². The Kier molecular flexibility index (Phi) is 3.60. The van der Waals surface area contributed by atoms with Crippen molar-refractivity contribution in [1.29, 1.82) is 0 Å². The molecule has 0 aliphatic carbocycles. The lowest BCUT2D eigenvalue weighted by Crippen LogP contribution is -2.29. The topological polar surface area (TPSA) is 15.3 Å². The number of nitrogens with one attached hydrogen (secondary N) is 1. The molecular formula is C9H18N2. The second-order valence-electron chi connectivity index (χ2n) is 3.23. The highest BCUT2D eigenvalue weighted by Crippen LogP contribution is 1.99. The number of nitrogens with zero attached hydrogens (tertiary/aromatic N) is 1. The molecule has 0 amide bonds. The Balaban J connectivity index is 2.27. The summed E-state index contributed by atoms with van der Waals surface area (Å²) in [6.45, 7) is 10.5. The zero-order valence-electron chi connectivity index (χ0n) is 7.34. The minimum atomic E-state index is 0.685. The summed E-state index contributed by atoms with van der Waals surface area (Å²) in [5.41, 5.74) is 0. The van der Waals surface area contributed by atoms with Gasteiger partial charge in [0.15, 0.2) is 0 Å². The molecule has 1 aliphatic rings. The summed E-state index contributed by atoms with van der Waals surface area (Å²) < 4.78 is 0. The van der Waals surface area contributed by atoms with Crippen LogP contribution in [0.25, 0.3) is 0 Å². The van der Waals surface area contributed by atoms with E-state index in [2.05, 4.69) is 23.7 Å². The molecule has 1 aliphatic heterocycles. The lowest BCUT2D eigenvalue weighted by Gasteiger charge is -2.16. The molecule has 0 spiro atoms. The van der Waals surface area contributed by atoms with Crippen molar-refractivity contribution in [3.8, 4) is 0 Å². The summed E-state index contributed by atoms with van der Waals surface area (Å²) in [5, 5.41) is 3.46. The minimum absolute atomic E-state index is 0.685.